The Bertz CT molecular complexity index is 1260. The van der Waals surface area contributed by atoms with Gasteiger partial charge in [-0.2, -0.15) is 0 Å². The Kier molecular flexibility index (Phi) is 4.43. The van der Waals surface area contributed by atoms with Crippen molar-refractivity contribution in [2.45, 2.75) is 31.9 Å². The van der Waals surface area contributed by atoms with E-state index in [0.29, 0.717) is 17.1 Å². The van der Waals surface area contributed by atoms with E-state index in [1.807, 2.05) is 32.1 Å². The monoisotopic (exact) mass is 413 g/mol. The molecule has 0 saturated heterocycles. The molecule has 0 aliphatic heterocycles. The summed E-state index contributed by atoms with van der Waals surface area (Å²) in [6.45, 7) is 5.58. The van der Waals surface area contributed by atoms with Crippen molar-refractivity contribution in [3.05, 3.63) is 76.9 Å². The fourth-order valence-electron chi connectivity index (χ4n) is 3.65. The molecule has 1 atom stereocenters. The van der Waals surface area contributed by atoms with E-state index in [0.717, 1.165) is 27.8 Å². The highest BCUT2D eigenvalue weighted by atomic mass is 35.5. The van der Waals surface area contributed by atoms with Gasteiger partial charge in [0.2, 0.25) is 10.0 Å². The van der Waals surface area contributed by atoms with Gasteiger partial charge in [0.1, 0.15) is 4.75 Å². The van der Waals surface area contributed by atoms with Crippen LogP contribution in [-0.2, 0) is 10.0 Å². The summed E-state index contributed by atoms with van der Waals surface area (Å²) in [5.74, 6) is 0. The molecule has 0 saturated carbocycles. The van der Waals surface area contributed by atoms with Crippen LogP contribution in [0.4, 0.5) is 0 Å². The first-order valence-corrected chi connectivity index (χ1v) is 10.7. The van der Waals surface area contributed by atoms with E-state index in [1.165, 1.54) is 3.97 Å². The number of allylic oxidation sites excluding steroid dienone is 3. The quantitative estimate of drug-likeness (QED) is 0.629. The van der Waals surface area contributed by atoms with Crippen LogP contribution in [-0.4, -0.2) is 27.1 Å². The van der Waals surface area contributed by atoms with Crippen molar-refractivity contribution in [2.75, 3.05) is 0 Å². The second-order valence-corrected chi connectivity index (χ2v) is 10.1. The molecule has 1 aliphatic rings. The van der Waals surface area contributed by atoms with Crippen LogP contribution in [0, 0.1) is 13.8 Å². The molecule has 0 bridgehead atoms. The Morgan fingerprint density at radius 1 is 1.21 bits per heavy atom. The minimum atomic E-state index is -3.80. The van der Waals surface area contributed by atoms with Gasteiger partial charge in [0.25, 0.3) is 0 Å². The molecule has 28 heavy (non-hydrogen) atoms. The van der Waals surface area contributed by atoms with Gasteiger partial charge in [-0.25, -0.2) is 17.4 Å². The van der Waals surface area contributed by atoms with Gasteiger partial charge < -0.3 is 0 Å². The normalized spacial score (nSPS) is 20.1. The topological polar surface area (TPSA) is 64.8 Å². The first-order valence-electron chi connectivity index (χ1n) is 8.91. The summed E-state index contributed by atoms with van der Waals surface area (Å²) in [5.41, 5.74) is 4.12. The van der Waals surface area contributed by atoms with Crippen LogP contribution in [0.3, 0.4) is 0 Å². The molecule has 1 unspecified atom stereocenters. The third kappa shape index (κ3) is 2.97. The summed E-state index contributed by atoms with van der Waals surface area (Å²) in [6.07, 6.45) is 8.71. The van der Waals surface area contributed by atoms with Crippen LogP contribution in [0.2, 0.25) is 0 Å². The molecule has 0 spiro atoms. The fraction of sp³-hybridized carbons (Fsp3) is 0.238. The predicted octanol–water partition coefficient (Wildman–Crippen LogP) is 4.59. The van der Waals surface area contributed by atoms with Crippen molar-refractivity contribution in [1.82, 2.24) is 13.9 Å². The third-order valence-electron chi connectivity index (χ3n) is 5.15. The molecule has 7 heteroatoms. The Labute approximate surface area is 169 Å². The summed E-state index contributed by atoms with van der Waals surface area (Å²) >= 11 is 6.40. The van der Waals surface area contributed by atoms with E-state index in [9.17, 15) is 8.42 Å². The maximum atomic E-state index is 13.6. The number of hydrogen-bond donors (Lipinski definition) is 0. The van der Waals surface area contributed by atoms with Crippen molar-refractivity contribution in [3.8, 4) is 0 Å². The molecular formula is C21H20ClN3O2S. The lowest BCUT2D eigenvalue weighted by molar-refractivity contribution is 0.556. The summed E-state index contributed by atoms with van der Waals surface area (Å²) in [6, 6.07) is 7.35. The third-order valence-corrected chi connectivity index (χ3v) is 7.62. The molecule has 0 radical (unpaired) electrons. The first-order chi connectivity index (χ1) is 13.2. The van der Waals surface area contributed by atoms with Crippen molar-refractivity contribution in [2.24, 2.45) is 0 Å². The molecular weight excluding hydrogens is 394 g/mol. The van der Waals surface area contributed by atoms with Gasteiger partial charge in [0.05, 0.1) is 0 Å². The number of aryl methyl sites for hydroxylation is 2. The summed E-state index contributed by atoms with van der Waals surface area (Å²) in [5, 5.41) is 1.18. The van der Waals surface area contributed by atoms with E-state index >= 15 is 0 Å². The molecule has 3 aromatic heterocycles. The van der Waals surface area contributed by atoms with Gasteiger partial charge in [-0.15, -0.1) is 0 Å². The molecule has 0 fully saturated rings. The molecule has 0 aromatic carbocycles. The molecule has 5 nitrogen and oxygen atoms in total. The number of fused-ring (bicyclic) bond motifs is 1. The molecule has 0 N–H and O–H groups in total. The first kappa shape index (κ1) is 18.9. The zero-order valence-electron chi connectivity index (χ0n) is 15.8. The van der Waals surface area contributed by atoms with Crippen LogP contribution < -0.4 is 0 Å². The highest BCUT2D eigenvalue weighted by molar-refractivity contribution is 7.91. The Morgan fingerprint density at radius 3 is 2.79 bits per heavy atom. The average molecular weight is 414 g/mol. The van der Waals surface area contributed by atoms with Crippen LogP contribution >= 0.6 is 11.6 Å². The van der Waals surface area contributed by atoms with Crippen molar-refractivity contribution in [1.29, 1.82) is 0 Å². The number of halogens is 1. The average Bonchev–Trinajstić information content (AvgIpc) is 3.07. The predicted molar refractivity (Wildman–Crippen MR) is 113 cm³/mol. The summed E-state index contributed by atoms with van der Waals surface area (Å²) in [4.78, 5) is 8.57. The SMILES string of the molecule is Cc1cc(C2=CC(Cl)=CC(C)(S(=O)(=O)n3ccc4cccnc43)C2)c(C)cn1. The van der Waals surface area contributed by atoms with Crippen LogP contribution in [0.1, 0.15) is 30.2 Å². The lowest BCUT2D eigenvalue weighted by Crippen LogP contribution is -2.39. The van der Waals surface area contributed by atoms with Gasteiger partial charge in [-0.3, -0.25) is 4.98 Å². The van der Waals surface area contributed by atoms with Crippen molar-refractivity contribution in [3.63, 3.8) is 0 Å². The molecule has 4 rings (SSSR count). The molecule has 3 aromatic rings. The number of pyridine rings is 2. The lowest BCUT2D eigenvalue weighted by atomic mass is 9.88. The second-order valence-electron chi connectivity index (χ2n) is 7.36. The maximum Gasteiger partial charge on any atom is 0.249 e. The maximum absolute atomic E-state index is 13.6. The van der Waals surface area contributed by atoms with Gasteiger partial charge in [0.15, 0.2) is 5.65 Å². The Morgan fingerprint density at radius 2 is 2.00 bits per heavy atom. The number of hydrogen-bond acceptors (Lipinski definition) is 4. The molecule has 1 aliphatic carbocycles. The van der Waals surface area contributed by atoms with Gasteiger partial charge in [-0.1, -0.05) is 11.6 Å². The largest absolute Gasteiger partial charge is 0.261 e. The van der Waals surface area contributed by atoms with Gasteiger partial charge in [0, 0.05) is 34.7 Å². The molecule has 144 valence electrons. The number of rotatable bonds is 3. The highest BCUT2D eigenvalue weighted by Crippen LogP contribution is 2.40. The van der Waals surface area contributed by atoms with Crippen LogP contribution in [0.15, 0.2) is 60.0 Å². The van der Waals surface area contributed by atoms with Gasteiger partial charge in [-0.05, 0) is 80.3 Å². The highest BCUT2D eigenvalue weighted by Gasteiger charge is 2.42. The van der Waals surface area contributed by atoms with Crippen molar-refractivity contribution < 1.29 is 8.42 Å². The second kappa shape index (κ2) is 6.57. The zero-order valence-corrected chi connectivity index (χ0v) is 17.4. The van der Waals surface area contributed by atoms with Crippen LogP contribution in [0.25, 0.3) is 16.6 Å². The summed E-state index contributed by atoms with van der Waals surface area (Å²) in [7, 11) is -3.80. The fourth-order valence-corrected chi connectivity index (χ4v) is 5.76. The smallest absolute Gasteiger partial charge is 0.249 e. The van der Waals surface area contributed by atoms with Crippen molar-refractivity contribution >= 4 is 38.2 Å². The van der Waals surface area contributed by atoms with E-state index in [1.54, 1.807) is 43.7 Å². The zero-order chi connectivity index (χ0) is 20.1. The van der Waals surface area contributed by atoms with E-state index in [2.05, 4.69) is 9.97 Å². The van der Waals surface area contributed by atoms with Gasteiger partial charge >= 0.3 is 0 Å². The molecule has 0 amide bonds. The van der Waals surface area contributed by atoms with Crippen LogP contribution in [0.5, 0.6) is 0 Å². The Balaban J connectivity index is 1.84. The summed E-state index contributed by atoms with van der Waals surface area (Å²) < 4.78 is 27.3. The number of aromatic nitrogens is 3. The minimum Gasteiger partial charge on any atom is -0.261 e. The standard InChI is InChI=1S/C21H20ClN3O2S/c1-14-13-24-15(2)9-19(14)17-10-18(22)12-21(3,11-17)28(26,27)25-8-6-16-5-4-7-23-20(16)25/h4-10,12-13H,11H2,1-3H3. The number of nitrogens with zero attached hydrogens (tertiary/aromatic N) is 3. The minimum absolute atomic E-state index is 0.308. The van der Waals surface area contributed by atoms with E-state index in [4.69, 9.17) is 11.6 Å². The van der Waals surface area contributed by atoms with E-state index < -0.39 is 14.8 Å². The van der Waals surface area contributed by atoms with E-state index in [-0.39, 0.29) is 0 Å². The Hall–Kier alpha value is -2.44. The lowest BCUT2D eigenvalue weighted by Gasteiger charge is -2.31. The molecule has 3 heterocycles.